The van der Waals surface area contributed by atoms with E-state index in [2.05, 4.69) is 31.0 Å². The zero-order valence-electron chi connectivity index (χ0n) is 9.54. The van der Waals surface area contributed by atoms with Gasteiger partial charge in [-0.3, -0.25) is 14.6 Å². The van der Waals surface area contributed by atoms with E-state index in [4.69, 9.17) is 0 Å². The Kier molecular flexibility index (Phi) is 3.05. The standard InChI is InChI=1S/C12H9BrN4S/c1-17-7-9(6-16-17)18-11-2-3-14-10-4-8(13)5-15-12(10)11/h2-7H,1H3. The van der Waals surface area contributed by atoms with Crippen molar-refractivity contribution in [3.63, 3.8) is 0 Å². The minimum absolute atomic E-state index is 0.887. The van der Waals surface area contributed by atoms with E-state index in [0.29, 0.717) is 0 Å². The van der Waals surface area contributed by atoms with Crippen LogP contribution in [0.3, 0.4) is 0 Å². The molecule has 18 heavy (non-hydrogen) atoms. The molecule has 3 aromatic rings. The van der Waals surface area contributed by atoms with Gasteiger partial charge in [-0.2, -0.15) is 5.10 Å². The molecule has 0 aromatic carbocycles. The van der Waals surface area contributed by atoms with Gasteiger partial charge in [0.15, 0.2) is 0 Å². The Morgan fingerprint density at radius 1 is 1.28 bits per heavy atom. The molecule has 0 bridgehead atoms. The molecule has 0 radical (unpaired) electrons. The molecule has 0 fully saturated rings. The molecule has 0 amide bonds. The number of aromatic nitrogens is 4. The molecule has 0 atom stereocenters. The molecule has 0 aliphatic rings. The fourth-order valence-electron chi connectivity index (χ4n) is 1.64. The smallest absolute Gasteiger partial charge is 0.103 e. The van der Waals surface area contributed by atoms with Gasteiger partial charge in [-0.05, 0) is 28.1 Å². The molecule has 3 rings (SSSR count). The quantitative estimate of drug-likeness (QED) is 0.726. The zero-order chi connectivity index (χ0) is 12.5. The van der Waals surface area contributed by atoms with Gasteiger partial charge in [-0.1, -0.05) is 11.8 Å². The first kappa shape index (κ1) is 11.7. The molecular weight excluding hydrogens is 312 g/mol. The van der Waals surface area contributed by atoms with Crippen molar-refractivity contribution < 1.29 is 0 Å². The Bertz CT molecular complexity index is 710. The number of halogens is 1. The highest BCUT2D eigenvalue weighted by atomic mass is 79.9. The van der Waals surface area contributed by atoms with Gasteiger partial charge >= 0.3 is 0 Å². The Morgan fingerprint density at radius 3 is 2.94 bits per heavy atom. The fraction of sp³-hybridized carbons (Fsp3) is 0.0833. The third-order valence-electron chi connectivity index (χ3n) is 2.42. The first-order chi connectivity index (χ1) is 8.72. The van der Waals surface area contributed by atoms with Crippen molar-refractivity contribution in [1.82, 2.24) is 19.7 Å². The van der Waals surface area contributed by atoms with Crippen LogP contribution in [0.15, 0.2) is 51.2 Å². The SMILES string of the molecule is Cn1cc(Sc2ccnc3cc(Br)cnc23)cn1. The second kappa shape index (κ2) is 4.70. The number of rotatable bonds is 2. The van der Waals surface area contributed by atoms with Crippen LogP contribution in [0.4, 0.5) is 0 Å². The fourth-order valence-corrected chi connectivity index (χ4v) is 2.90. The third kappa shape index (κ3) is 2.26. The first-order valence-electron chi connectivity index (χ1n) is 5.29. The average Bonchev–Trinajstić information content (AvgIpc) is 2.75. The number of pyridine rings is 2. The summed E-state index contributed by atoms with van der Waals surface area (Å²) in [5, 5.41) is 4.16. The zero-order valence-corrected chi connectivity index (χ0v) is 11.9. The highest BCUT2D eigenvalue weighted by molar-refractivity contribution is 9.10. The minimum atomic E-state index is 0.887. The Hall–Kier alpha value is -1.40. The van der Waals surface area contributed by atoms with Gasteiger partial charge in [-0.25, -0.2) is 0 Å². The third-order valence-corrected chi connectivity index (χ3v) is 3.85. The summed E-state index contributed by atoms with van der Waals surface area (Å²) in [5.41, 5.74) is 1.80. The largest absolute Gasteiger partial charge is 0.275 e. The lowest BCUT2D eigenvalue weighted by molar-refractivity contribution is 0.766. The van der Waals surface area contributed by atoms with Crippen LogP contribution in [0, 0.1) is 0 Å². The summed E-state index contributed by atoms with van der Waals surface area (Å²) in [6.45, 7) is 0. The Labute approximate surface area is 117 Å². The molecular formula is C12H9BrN4S. The summed E-state index contributed by atoms with van der Waals surface area (Å²) in [7, 11) is 1.91. The summed E-state index contributed by atoms with van der Waals surface area (Å²) in [6, 6.07) is 3.94. The number of aryl methyl sites for hydroxylation is 1. The monoisotopic (exact) mass is 320 g/mol. The maximum Gasteiger partial charge on any atom is 0.103 e. The van der Waals surface area contributed by atoms with Crippen LogP contribution in [-0.4, -0.2) is 19.7 Å². The van der Waals surface area contributed by atoms with E-state index in [-0.39, 0.29) is 0 Å². The molecule has 3 aromatic heterocycles. The topological polar surface area (TPSA) is 43.6 Å². The summed E-state index contributed by atoms with van der Waals surface area (Å²) >= 11 is 5.05. The van der Waals surface area contributed by atoms with Crippen LogP contribution in [0.1, 0.15) is 0 Å². The van der Waals surface area contributed by atoms with Crippen LogP contribution in [0.25, 0.3) is 11.0 Å². The molecule has 0 aliphatic carbocycles. The summed E-state index contributed by atoms with van der Waals surface area (Å²) in [5.74, 6) is 0. The molecule has 3 heterocycles. The molecule has 6 heteroatoms. The van der Waals surface area contributed by atoms with Crippen molar-refractivity contribution in [2.45, 2.75) is 9.79 Å². The van der Waals surface area contributed by atoms with E-state index in [1.165, 1.54) is 0 Å². The van der Waals surface area contributed by atoms with Crippen molar-refractivity contribution in [2.24, 2.45) is 7.05 Å². The summed E-state index contributed by atoms with van der Waals surface area (Å²) in [6.07, 6.45) is 7.41. The number of fused-ring (bicyclic) bond motifs is 1. The number of hydrogen-bond acceptors (Lipinski definition) is 4. The highest BCUT2D eigenvalue weighted by Gasteiger charge is 2.07. The van der Waals surface area contributed by atoms with E-state index in [9.17, 15) is 0 Å². The van der Waals surface area contributed by atoms with Gasteiger partial charge in [-0.15, -0.1) is 0 Å². The van der Waals surface area contributed by atoms with Crippen molar-refractivity contribution in [1.29, 1.82) is 0 Å². The average molecular weight is 321 g/mol. The van der Waals surface area contributed by atoms with Gasteiger partial charge in [0.1, 0.15) is 5.52 Å². The number of hydrogen-bond donors (Lipinski definition) is 0. The molecule has 0 saturated heterocycles. The number of nitrogens with zero attached hydrogens (tertiary/aromatic N) is 4. The van der Waals surface area contributed by atoms with Gasteiger partial charge in [0.05, 0.1) is 16.6 Å². The second-order valence-corrected chi connectivity index (χ2v) is 5.81. The van der Waals surface area contributed by atoms with E-state index < -0.39 is 0 Å². The lowest BCUT2D eigenvalue weighted by atomic mass is 10.3. The lowest BCUT2D eigenvalue weighted by Gasteiger charge is -2.03. The summed E-state index contributed by atoms with van der Waals surface area (Å²) in [4.78, 5) is 10.9. The molecule has 4 nitrogen and oxygen atoms in total. The van der Waals surface area contributed by atoms with Crippen LogP contribution in [0.5, 0.6) is 0 Å². The van der Waals surface area contributed by atoms with Crippen molar-refractivity contribution in [3.8, 4) is 0 Å². The van der Waals surface area contributed by atoms with E-state index >= 15 is 0 Å². The normalized spacial score (nSPS) is 11.0. The van der Waals surface area contributed by atoms with Gasteiger partial charge in [0, 0.05) is 35.0 Å². The van der Waals surface area contributed by atoms with Gasteiger partial charge in [0.25, 0.3) is 0 Å². The maximum absolute atomic E-state index is 4.43. The second-order valence-electron chi connectivity index (χ2n) is 3.78. The van der Waals surface area contributed by atoms with E-state index in [1.807, 2.05) is 31.6 Å². The summed E-state index contributed by atoms with van der Waals surface area (Å²) < 4.78 is 2.72. The minimum Gasteiger partial charge on any atom is -0.275 e. The van der Waals surface area contributed by atoms with Crippen LogP contribution < -0.4 is 0 Å². The molecule has 0 aliphatic heterocycles. The maximum atomic E-state index is 4.43. The molecule has 0 saturated carbocycles. The van der Waals surface area contributed by atoms with Gasteiger partial charge in [0.2, 0.25) is 0 Å². The molecule has 0 spiro atoms. The van der Waals surface area contributed by atoms with E-state index in [1.54, 1.807) is 28.8 Å². The molecule has 90 valence electrons. The van der Waals surface area contributed by atoms with Crippen LogP contribution in [0.2, 0.25) is 0 Å². The first-order valence-corrected chi connectivity index (χ1v) is 6.90. The van der Waals surface area contributed by atoms with Crippen molar-refractivity contribution in [3.05, 3.63) is 41.4 Å². The van der Waals surface area contributed by atoms with Crippen LogP contribution in [-0.2, 0) is 7.05 Å². The lowest BCUT2D eigenvalue weighted by Crippen LogP contribution is -1.86. The van der Waals surface area contributed by atoms with Crippen molar-refractivity contribution >= 4 is 38.7 Å². The molecule has 0 N–H and O–H groups in total. The Balaban J connectivity index is 2.06. The predicted octanol–water partition coefficient (Wildman–Crippen LogP) is 3.28. The molecule has 0 unspecified atom stereocenters. The van der Waals surface area contributed by atoms with Crippen molar-refractivity contribution in [2.75, 3.05) is 0 Å². The van der Waals surface area contributed by atoms with E-state index in [0.717, 1.165) is 25.3 Å². The highest BCUT2D eigenvalue weighted by Crippen LogP contribution is 2.31. The van der Waals surface area contributed by atoms with Crippen LogP contribution >= 0.6 is 27.7 Å². The predicted molar refractivity (Wildman–Crippen MR) is 74.6 cm³/mol. The Morgan fingerprint density at radius 2 is 2.17 bits per heavy atom. The van der Waals surface area contributed by atoms with Gasteiger partial charge < -0.3 is 0 Å².